The van der Waals surface area contributed by atoms with E-state index in [1.807, 2.05) is 25.1 Å². The molecule has 3 atom stereocenters. The van der Waals surface area contributed by atoms with Crippen molar-refractivity contribution in [2.75, 3.05) is 13.7 Å². The number of rotatable bonds is 8. The molecular weight excluding hydrogens is 312 g/mol. The average Bonchev–Trinajstić information content (AvgIpc) is 3.37. The fourth-order valence-electron chi connectivity index (χ4n) is 3.76. The zero-order chi connectivity index (χ0) is 17.6. The van der Waals surface area contributed by atoms with E-state index in [1.165, 1.54) is 11.1 Å². The topological polar surface area (TPSA) is 35.5 Å². The van der Waals surface area contributed by atoms with Gasteiger partial charge in [-0.25, -0.2) is 0 Å². The fraction of sp³-hybridized carbons (Fsp3) is 0.409. The van der Waals surface area contributed by atoms with Crippen LogP contribution in [0.25, 0.3) is 0 Å². The lowest BCUT2D eigenvalue weighted by atomic mass is 10.0. The van der Waals surface area contributed by atoms with Gasteiger partial charge in [0.2, 0.25) is 0 Å². The predicted molar refractivity (Wildman–Crippen MR) is 98.7 cm³/mol. The van der Waals surface area contributed by atoms with Crippen molar-refractivity contribution in [1.29, 1.82) is 0 Å². The predicted octanol–water partition coefficient (Wildman–Crippen LogP) is 4.61. The van der Waals surface area contributed by atoms with Crippen LogP contribution >= 0.6 is 0 Å². The lowest BCUT2D eigenvalue weighted by Gasteiger charge is -2.03. The van der Waals surface area contributed by atoms with Crippen LogP contribution in [0.2, 0.25) is 0 Å². The minimum atomic E-state index is -0.0481. The molecule has 1 fully saturated rings. The number of ether oxygens (including phenoxy) is 2. The molecule has 0 aromatic heterocycles. The Balaban J connectivity index is 1.63. The Kier molecular flexibility index (Phi) is 5.75. The van der Waals surface area contributed by atoms with Gasteiger partial charge in [0.05, 0.1) is 19.6 Å². The first kappa shape index (κ1) is 17.5. The van der Waals surface area contributed by atoms with E-state index in [0.29, 0.717) is 12.5 Å². The SMILES string of the molecule is CCOC(=O)C1[C@H](CCCc2ccccc2)[C@H]1c1ccc(OC)cc1. The number of carbonyl (C=O) groups excluding carboxylic acids is 1. The first-order valence-electron chi connectivity index (χ1n) is 9.09. The van der Waals surface area contributed by atoms with Gasteiger partial charge in [0.1, 0.15) is 5.75 Å². The van der Waals surface area contributed by atoms with Crippen molar-refractivity contribution >= 4 is 5.97 Å². The molecule has 0 amide bonds. The molecule has 0 bridgehead atoms. The normalized spacial score (nSPS) is 21.6. The van der Waals surface area contributed by atoms with E-state index in [4.69, 9.17) is 9.47 Å². The van der Waals surface area contributed by atoms with E-state index in [1.54, 1.807) is 7.11 Å². The van der Waals surface area contributed by atoms with E-state index in [0.717, 1.165) is 25.0 Å². The number of benzene rings is 2. The van der Waals surface area contributed by atoms with Gasteiger partial charge in [0.15, 0.2) is 0 Å². The zero-order valence-electron chi connectivity index (χ0n) is 15.0. The van der Waals surface area contributed by atoms with Gasteiger partial charge < -0.3 is 9.47 Å². The molecule has 3 nitrogen and oxygen atoms in total. The molecule has 0 N–H and O–H groups in total. The van der Waals surface area contributed by atoms with Crippen molar-refractivity contribution in [2.45, 2.75) is 32.1 Å². The van der Waals surface area contributed by atoms with Crippen LogP contribution in [0, 0.1) is 11.8 Å². The molecule has 3 heteroatoms. The van der Waals surface area contributed by atoms with Crippen molar-refractivity contribution in [1.82, 2.24) is 0 Å². The van der Waals surface area contributed by atoms with E-state index in [-0.39, 0.29) is 17.8 Å². The van der Waals surface area contributed by atoms with Crippen LogP contribution < -0.4 is 4.74 Å². The monoisotopic (exact) mass is 338 g/mol. The molecule has 132 valence electrons. The minimum absolute atomic E-state index is 0.00381. The van der Waals surface area contributed by atoms with Crippen LogP contribution in [-0.2, 0) is 16.0 Å². The Morgan fingerprint density at radius 1 is 1.04 bits per heavy atom. The van der Waals surface area contributed by atoms with Crippen LogP contribution in [0.1, 0.15) is 36.8 Å². The van der Waals surface area contributed by atoms with Gasteiger partial charge in [-0.15, -0.1) is 0 Å². The Hall–Kier alpha value is -2.29. The highest BCUT2D eigenvalue weighted by atomic mass is 16.5. The quantitative estimate of drug-likeness (QED) is 0.659. The van der Waals surface area contributed by atoms with Crippen LogP contribution in [-0.4, -0.2) is 19.7 Å². The maximum atomic E-state index is 12.3. The lowest BCUT2D eigenvalue weighted by molar-refractivity contribution is -0.145. The Bertz CT molecular complexity index is 678. The molecule has 0 aliphatic heterocycles. The number of carbonyl (C=O) groups is 1. The average molecular weight is 338 g/mol. The van der Waals surface area contributed by atoms with Crippen LogP contribution in [0.15, 0.2) is 54.6 Å². The molecule has 0 spiro atoms. The van der Waals surface area contributed by atoms with Crippen molar-refractivity contribution in [2.24, 2.45) is 11.8 Å². The van der Waals surface area contributed by atoms with Gasteiger partial charge in [-0.1, -0.05) is 42.5 Å². The fourth-order valence-corrected chi connectivity index (χ4v) is 3.76. The lowest BCUT2D eigenvalue weighted by Crippen LogP contribution is -2.08. The van der Waals surface area contributed by atoms with Gasteiger partial charge in [-0.2, -0.15) is 0 Å². The molecule has 25 heavy (non-hydrogen) atoms. The van der Waals surface area contributed by atoms with Gasteiger partial charge >= 0.3 is 5.97 Å². The molecular formula is C22H26O3. The summed E-state index contributed by atoms with van der Waals surface area (Å²) in [6.07, 6.45) is 3.20. The van der Waals surface area contributed by atoms with Crippen LogP contribution in [0.4, 0.5) is 0 Å². The van der Waals surface area contributed by atoms with Crippen molar-refractivity contribution in [3.05, 3.63) is 65.7 Å². The molecule has 0 heterocycles. The summed E-state index contributed by atoms with van der Waals surface area (Å²) in [7, 11) is 1.67. The first-order valence-corrected chi connectivity index (χ1v) is 9.09. The molecule has 2 aromatic rings. The Morgan fingerprint density at radius 3 is 2.40 bits per heavy atom. The summed E-state index contributed by atoms with van der Waals surface area (Å²) in [5.41, 5.74) is 2.57. The summed E-state index contributed by atoms with van der Waals surface area (Å²) >= 11 is 0. The highest BCUT2D eigenvalue weighted by Crippen LogP contribution is 2.57. The number of hydrogen-bond donors (Lipinski definition) is 0. The molecule has 1 aliphatic rings. The highest BCUT2D eigenvalue weighted by molar-refractivity contribution is 5.78. The number of esters is 1. The zero-order valence-corrected chi connectivity index (χ0v) is 15.0. The van der Waals surface area contributed by atoms with Gasteiger partial charge in [0, 0.05) is 5.92 Å². The maximum absolute atomic E-state index is 12.3. The van der Waals surface area contributed by atoms with Crippen molar-refractivity contribution < 1.29 is 14.3 Å². The van der Waals surface area contributed by atoms with Crippen molar-refractivity contribution in [3.8, 4) is 5.75 Å². The standard InChI is InChI=1S/C22H26O3/c1-3-25-22(23)21-19(11-7-10-16-8-5-4-6-9-16)20(21)17-12-14-18(24-2)15-13-17/h4-6,8-9,12-15,19-21H,3,7,10-11H2,1-2H3/t19-,20-,21?/m1/s1. The molecule has 1 aliphatic carbocycles. The largest absolute Gasteiger partial charge is 0.497 e. The third-order valence-electron chi connectivity index (χ3n) is 5.07. The number of aryl methyl sites for hydroxylation is 1. The summed E-state index contributed by atoms with van der Waals surface area (Å²) in [5, 5.41) is 0. The molecule has 3 rings (SSSR count). The summed E-state index contributed by atoms with van der Waals surface area (Å²) in [5.74, 6) is 1.46. The van der Waals surface area contributed by atoms with Gasteiger partial charge in [-0.05, 0) is 55.4 Å². The molecule has 0 saturated heterocycles. The van der Waals surface area contributed by atoms with Gasteiger partial charge in [0.25, 0.3) is 0 Å². The number of hydrogen-bond acceptors (Lipinski definition) is 3. The molecule has 1 saturated carbocycles. The second kappa shape index (κ2) is 8.19. The van der Waals surface area contributed by atoms with E-state index in [9.17, 15) is 4.79 Å². The minimum Gasteiger partial charge on any atom is -0.497 e. The third kappa shape index (κ3) is 4.22. The number of methoxy groups -OCH3 is 1. The van der Waals surface area contributed by atoms with Gasteiger partial charge in [-0.3, -0.25) is 4.79 Å². The summed E-state index contributed by atoms with van der Waals surface area (Å²) in [6.45, 7) is 2.31. The maximum Gasteiger partial charge on any atom is 0.309 e. The second-order valence-electron chi connectivity index (χ2n) is 6.62. The Labute approximate surface area is 150 Å². The third-order valence-corrected chi connectivity index (χ3v) is 5.07. The Morgan fingerprint density at radius 2 is 1.76 bits per heavy atom. The summed E-state index contributed by atoms with van der Waals surface area (Å²) < 4.78 is 10.5. The summed E-state index contributed by atoms with van der Waals surface area (Å²) in [6, 6.07) is 18.6. The second-order valence-corrected chi connectivity index (χ2v) is 6.62. The molecule has 2 aromatic carbocycles. The first-order chi connectivity index (χ1) is 12.2. The highest BCUT2D eigenvalue weighted by Gasteiger charge is 2.55. The smallest absolute Gasteiger partial charge is 0.309 e. The van der Waals surface area contributed by atoms with E-state index < -0.39 is 0 Å². The summed E-state index contributed by atoms with van der Waals surface area (Å²) in [4.78, 5) is 12.3. The molecule has 0 radical (unpaired) electrons. The molecule has 1 unspecified atom stereocenters. The van der Waals surface area contributed by atoms with Crippen LogP contribution in [0.5, 0.6) is 5.75 Å². The van der Waals surface area contributed by atoms with Crippen molar-refractivity contribution in [3.63, 3.8) is 0 Å². The van der Waals surface area contributed by atoms with E-state index >= 15 is 0 Å². The van der Waals surface area contributed by atoms with E-state index in [2.05, 4.69) is 36.4 Å². The van der Waals surface area contributed by atoms with Crippen LogP contribution in [0.3, 0.4) is 0 Å².